The molecule has 0 aromatic heterocycles. The van der Waals surface area contributed by atoms with E-state index in [2.05, 4.69) is 5.32 Å². The molecule has 2 aromatic carbocycles. The summed E-state index contributed by atoms with van der Waals surface area (Å²) in [6.45, 7) is 0.0409. The minimum atomic E-state index is -0.497. The third kappa shape index (κ3) is 4.80. The number of hydrogen-bond acceptors (Lipinski definition) is 8. The monoisotopic (exact) mass is 458 g/mol. The summed E-state index contributed by atoms with van der Waals surface area (Å²) in [5.74, 6) is 0.145. The number of aromatic hydroxyl groups is 1. The van der Waals surface area contributed by atoms with Gasteiger partial charge in [0.25, 0.3) is 17.1 Å². The van der Waals surface area contributed by atoms with E-state index in [1.807, 2.05) is 0 Å². The van der Waals surface area contributed by atoms with E-state index >= 15 is 0 Å². The van der Waals surface area contributed by atoms with Gasteiger partial charge in [0.2, 0.25) is 5.75 Å². The summed E-state index contributed by atoms with van der Waals surface area (Å²) in [4.78, 5) is 38.5. The Morgan fingerprint density at radius 1 is 1.09 bits per heavy atom. The Bertz CT molecular complexity index is 1060. The Morgan fingerprint density at radius 2 is 1.75 bits per heavy atom. The number of hydrogen-bond donors (Lipinski definition) is 2. The van der Waals surface area contributed by atoms with Crippen molar-refractivity contribution in [1.29, 1.82) is 0 Å². The Hall–Kier alpha value is -3.66. The van der Waals surface area contributed by atoms with Gasteiger partial charge in [-0.25, -0.2) is 0 Å². The van der Waals surface area contributed by atoms with Crippen LogP contribution in [-0.4, -0.2) is 61.5 Å². The van der Waals surface area contributed by atoms with E-state index in [4.69, 9.17) is 14.2 Å². The van der Waals surface area contributed by atoms with E-state index in [9.17, 15) is 19.5 Å². The van der Waals surface area contributed by atoms with Crippen molar-refractivity contribution in [3.63, 3.8) is 0 Å². The van der Waals surface area contributed by atoms with Crippen LogP contribution in [0.4, 0.5) is 4.79 Å². The smallest absolute Gasteiger partial charge is 0.293 e. The van der Waals surface area contributed by atoms with Gasteiger partial charge in [-0.1, -0.05) is 12.1 Å². The molecule has 0 atom stereocenters. The molecule has 32 heavy (non-hydrogen) atoms. The molecular weight excluding hydrogens is 436 g/mol. The summed E-state index contributed by atoms with van der Waals surface area (Å²) in [7, 11) is 4.46. The first-order valence-corrected chi connectivity index (χ1v) is 10.3. The number of benzene rings is 2. The van der Waals surface area contributed by atoms with Crippen molar-refractivity contribution >= 4 is 34.9 Å². The number of carbonyl (C=O) groups excluding carboxylic acids is 3. The normalized spacial score (nSPS) is 14.6. The highest BCUT2D eigenvalue weighted by Gasteiger charge is 2.34. The highest BCUT2D eigenvalue weighted by Crippen LogP contribution is 2.40. The lowest BCUT2D eigenvalue weighted by Gasteiger charge is -2.14. The zero-order valence-corrected chi connectivity index (χ0v) is 18.5. The fourth-order valence-electron chi connectivity index (χ4n) is 3.07. The van der Waals surface area contributed by atoms with Crippen LogP contribution in [0.1, 0.15) is 15.9 Å². The summed E-state index contributed by atoms with van der Waals surface area (Å²) in [6, 6.07) is 9.44. The van der Waals surface area contributed by atoms with Crippen LogP contribution in [0, 0.1) is 0 Å². The number of imide groups is 1. The molecule has 0 spiro atoms. The highest BCUT2D eigenvalue weighted by molar-refractivity contribution is 8.18. The highest BCUT2D eigenvalue weighted by atomic mass is 32.2. The van der Waals surface area contributed by atoms with Crippen LogP contribution in [-0.2, 0) is 4.79 Å². The maximum atomic E-state index is 12.7. The van der Waals surface area contributed by atoms with Gasteiger partial charge in [-0.2, -0.15) is 0 Å². The Morgan fingerprint density at radius 3 is 2.34 bits per heavy atom. The molecule has 0 saturated carbocycles. The van der Waals surface area contributed by atoms with Gasteiger partial charge in [-0.3, -0.25) is 19.3 Å². The third-order valence-electron chi connectivity index (χ3n) is 4.63. The van der Waals surface area contributed by atoms with E-state index in [1.165, 1.54) is 33.5 Å². The van der Waals surface area contributed by atoms with Gasteiger partial charge in [0.1, 0.15) is 5.75 Å². The molecule has 1 heterocycles. The van der Waals surface area contributed by atoms with Crippen LogP contribution < -0.4 is 19.5 Å². The predicted octanol–water partition coefficient (Wildman–Crippen LogP) is 2.88. The second-order valence-corrected chi connectivity index (χ2v) is 7.56. The Balaban J connectivity index is 1.70. The maximum absolute atomic E-state index is 12.7. The lowest BCUT2D eigenvalue weighted by Crippen LogP contribution is -2.37. The molecule has 3 amide bonds. The molecule has 2 N–H and O–H groups in total. The average molecular weight is 458 g/mol. The van der Waals surface area contributed by atoms with Gasteiger partial charge in [0.05, 0.1) is 31.8 Å². The molecular formula is C22H22N2O7S. The maximum Gasteiger partial charge on any atom is 0.293 e. The molecule has 2 aromatic rings. The third-order valence-corrected chi connectivity index (χ3v) is 5.54. The molecule has 3 rings (SSSR count). The van der Waals surface area contributed by atoms with Crippen molar-refractivity contribution in [1.82, 2.24) is 10.2 Å². The van der Waals surface area contributed by atoms with Crippen molar-refractivity contribution < 1.29 is 33.7 Å². The SMILES string of the molecule is COc1cc(C=C2SC(=O)N(CCNC(=O)c3ccccc3O)C2=O)cc(OC)c1OC. The number of nitrogens with one attached hydrogen (secondary N) is 1. The molecule has 10 heteroatoms. The first-order chi connectivity index (χ1) is 15.4. The van der Waals surface area contributed by atoms with Crippen LogP contribution in [0.3, 0.4) is 0 Å². The van der Waals surface area contributed by atoms with E-state index in [-0.39, 0.29) is 29.3 Å². The molecule has 168 valence electrons. The van der Waals surface area contributed by atoms with Crippen LogP contribution in [0.15, 0.2) is 41.3 Å². The van der Waals surface area contributed by atoms with Gasteiger partial charge in [0, 0.05) is 13.1 Å². The van der Waals surface area contributed by atoms with Crippen LogP contribution in [0.5, 0.6) is 23.0 Å². The van der Waals surface area contributed by atoms with Crippen molar-refractivity contribution in [2.24, 2.45) is 0 Å². The first kappa shape index (κ1) is 23.0. The molecule has 1 saturated heterocycles. The van der Waals surface area contributed by atoms with E-state index in [1.54, 1.807) is 30.3 Å². The topological polar surface area (TPSA) is 114 Å². The fourth-order valence-corrected chi connectivity index (χ4v) is 3.94. The minimum absolute atomic E-state index is 0.00338. The van der Waals surface area contributed by atoms with Gasteiger partial charge in [-0.15, -0.1) is 0 Å². The van der Waals surface area contributed by atoms with Gasteiger partial charge in [0.15, 0.2) is 11.5 Å². The number of thioether (sulfide) groups is 1. The first-order valence-electron chi connectivity index (χ1n) is 9.51. The standard InChI is InChI=1S/C22H22N2O7S/c1-29-16-10-13(11-17(30-2)19(16)31-3)12-18-21(27)24(22(28)32-18)9-8-23-20(26)14-6-4-5-7-15(14)25/h4-7,10-12,25H,8-9H2,1-3H3,(H,23,26). The molecule has 0 aliphatic carbocycles. The molecule has 1 aliphatic heterocycles. The number of amides is 3. The molecule has 0 radical (unpaired) electrons. The number of nitrogens with zero attached hydrogens (tertiary/aromatic N) is 1. The molecule has 1 fully saturated rings. The summed E-state index contributed by atoms with van der Waals surface area (Å²) >= 11 is 0.804. The largest absolute Gasteiger partial charge is 0.507 e. The molecule has 0 bridgehead atoms. The average Bonchev–Trinajstić information content (AvgIpc) is 3.05. The Labute approximate surface area is 188 Å². The summed E-state index contributed by atoms with van der Waals surface area (Å²) in [5, 5.41) is 11.9. The quantitative estimate of drug-likeness (QED) is 0.581. The number of phenolic OH excluding ortho intramolecular Hbond substituents is 1. The number of methoxy groups -OCH3 is 3. The lowest BCUT2D eigenvalue weighted by atomic mass is 10.1. The second-order valence-electron chi connectivity index (χ2n) is 6.57. The summed E-state index contributed by atoms with van der Waals surface area (Å²) in [6.07, 6.45) is 1.57. The number of rotatable bonds is 8. The van der Waals surface area contributed by atoms with Crippen molar-refractivity contribution in [3.05, 3.63) is 52.4 Å². The number of ether oxygens (including phenoxy) is 3. The Kier molecular flexibility index (Phi) is 7.26. The zero-order chi connectivity index (χ0) is 23.3. The van der Waals surface area contributed by atoms with Crippen LogP contribution in [0.2, 0.25) is 0 Å². The van der Waals surface area contributed by atoms with E-state index in [0.717, 1.165) is 16.7 Å². The number of carbonyl (C=O) groups is 3. The van der Waals surface area contributed by atoms with Crippen molar-refractivity contribution in [2.45, 2.75) is 0 Å². The molecule has 1 aliphatic rings. The lowest BCUT2D eigenvalue weighted by molar-refractivity contribution is -0.122. The van der Waals surface area contributed by atoms with Crippen LogP contribution in [0.25, 0.3) is 6.08 Å². The zero-order valence-electron chi connectivity index (χ0n) is 17.7. The number of phenols is 1. The van der Waals surface area contributed by atoms with E-state index in [0.29, 0.717) is 22.8 Å². The van der Waals surface area contributed by atoms with Crippen LogP contribution >= 0.6 is 11.8 Å². The molecule has 9 nitrogen and oxygen atoms in total. The fraction of sp³-hybridized carbons (Fsp3) is 0.227. The van der Waals surface area contributed by atoms with Gasteiger partial charge in [-0.05, 0) is 47.7 Å². The number of para-hydroxylation sites is 1. The van der Waals surface area contributed by atoms with Crippen molar-refractivity contribution in [2.75, 3.05) is 34.4 Å². The van der Waals surface area contributed by atoms with E-state index < -0.39 is 17.1 Å². The van der Waals surface area contributed by atoms with Gasteiger partial charge >= 0.3 is 0 Å². The predicted molar refractivity (Wildman–Crippen MR) is 119 cm³/mol. The second kappa shape index (κ2) is 10.1. The summed E-state index contributed by atoms with van der Waals surface area (Å²) < 4.78 is 15.9. The minimum Gasteiger partial charge on any atom is -0.507 e. The van der Waals surface area contributed by atoms with Crippen molar-refractivity contribution in [3.8, 4) is 23.0 Å². The summed E-state index contributed by atoms with van der Waals surface area (Å²) in [5.41, 5.74) is 0.710. The molecule has 0 unspecified atom stereocenters. The van der Waals surface area contributed by atoms with Gasteiger partial charge < -0.3 is 24.6 Å².